The molecule has 0 bridgehead atoms. The van der Waals surface area contributed by atoms with Gasteiger partial charge >= 0.3 is 0 Å². The molecule has 0 aromatic carbocycles. The van der Waals surface area contributed by atoms with Crippen LogP contribution < -0.4 is 5.32 Å². The molecule has 1 aliphatic rings. The fourth-order valence-corrected chi connectivity index (χ4v) is 3.11. The molecule has 0 unspecified atom stereocenters. The van der Waals surface area contributed by atoms with Crippen LogP contribution in [0.1, 0.15) is 41.0 Å². The van der Waals surface area contributed by atoms with E-state index < -0.39 is 0 Å². The minimum atomic E-state index is 0.0417. The Morgan fingerprint density at radius 3 is 2.88 bits per heavy atom. The molecule has 1 N–H and O–H groups in total. The summed E-state index contributed by atoms with van der Waals surface area (Å²) in [7, 11) is 0. The summed E-state index contributed by atoms with van der Waals surface area (Å²) >= 11 is 0. The molecule has 0 saturated carbocycles. The minimum Gasteiger partial charge on any atom is -0.330 e. The van der Waals surface area contributed by atoms with Crippen LogP contribution in [0, 0.1) is 6.92 Å². The molecule has 0 spiro atoms. The zero-order valence-electron chi connectivity index (χ0n) is 14.1. The van der Waals surface area contributed by atoms with E-state index >= 15 is 0 Å². The van der Waals surface area contributed by atoms with Crippen LogP contribution in [0.4, 0.5) is 0 Å². The fourth-order valence-electron chi connectivity index (χ4n) is 3.11. The van der Waals surface area contributed by atoms with Crippen molar-refractivity contribution in [2.24, 2.45) is 0 Å². The molecule has 1 saturated heterocycles. The third-order valence-corrected chi connectivity index (χ3v) is 4.46. The number of hydrogen-bond acceptors (Lipinski definition) is 4. The van der Waals surface area contributed by atoms with Gasteiger partial charge in [0.2, 0.25) is 0 Å². The van der Waals surface area contributed by atoms with E-state index in [2.05, 4.69) is 15.3 Å². The van der Waals surface area contributed by atoms with E-state index in [1.807, 2.05) is 42.2 Å². The van der Waals surface area contributed by atoms with Gasteiger partial charge in [-0.3, -0.25) is 14.8 Å². The zero-order chi connectivity index (χ0) is 16.8. The van der Waals surface area contributed by atoms with Crippen molar-refractivity contribution >= 4 is 5.91 Å². The Kier molecular flexibility index (Phi) is 5.54. The van der Waals surface area contributed by atoms with E-state index in [4.69, 9.17) is 0 Å². The van der Waals surface area contributed by atoms with Crippen molar-refractivity contribution in [1.29, 1.82) is 0 Å². The van der Waals surface area contributed by atoms with Crippen molar-refractivity contribution in [2.45, 2.75) is 38.8 Å². The summed E-state index contributed by atoms with van der Waals surface area (Å²) in [4.78, 5) is 23.8. The zero-order valence-corrected chi connectivity index (χ0v) is 14.1. The first-order valence-electron chi connectivity index (χ1n) is 8.58. The number of aromatic nitrogens is 2. The number of amides is 1. The van der Waals surface area contributed by atoms with Gasteiger partial charge in [0, 0.05) is 24.1 Å². The molecular formula is C19H24N4O. The Bertz CT molecular complexity index is 649. The highest BCUT2D eigenvalue weighted by Crippen LogP contribution is 2.19. The van der Waals surface area contributed by atoms with E-state index in [1.165, 1.54) is 0 Å². The van der Waals surface area contributed by atoms with Gasteiger partial charge in [0.1, 0.15) is 0 Å². The van der Waals surface area contributed by atoms with Gasteiger partial charge in [-0.25, -0.2) is 0 Å². The van der Waals surface area contributed by atoms with Crippen molar-refractivity contribution in [3.05, 3.63) is 59.7 Å². The summed E-state index contributed by atoms with van der Waals surface area (Å²) in [6, 6.07) is 9.83. The average Bonchev–Trinajstić information content (AvgIpc) is 2.90. The Hall–Kier alpha value is -2.27. The molecule has 2 aromatic rings. The predicted octanol–water partition coefficient (Wildman–Crippen LogP) is 2.57. The largest absolute Gasteiger partial charge is 0.330 e. The second-order valence-corrected chi connectivity index (χ2v) is 6.28. The average molecular weight is 324 g/mol. The van der Waals surface area contributed by atoms with Crippen LogP contribution in [-0.2, 0) is 6.54 Å². The second-order valence-electron chi connectivity index (χ2n) is 6.28. The number of nitrogens with zero attached hydrogens (tertiary/aromatic N) is 3. The van der Waals surface area contributed by atoms with Crippen molar-refractivity contribution in [3.8, 4) is 0 Å². The van der Waals surface area contributed by atoms with Crippen LogP contribution in [0.2, 0.25) is 0 Å². The fraction of sp³-hybridized carbons (Fsp3) is 0.421. The molecule has 5 heteroatoms. The van der Waals surface area contributed by atoms with Gasteiger partial charge in [-0.15, -0.1) is 0 Å². The van der Waals surface area contributed by atoms with Gasteiger partial charge in [0.25, 0.3) is 5.91 Å². The van der Waals surface area contributed by atoms with Crippen molar-refractivity contribution in [3.63, 3.8) is 0 Å². The smallest absolute Gasteiger partial charge is 0.256 e. The molecule has 1 aliphatic heterocycles. The van der Waals surface area contributed by atoms with Crippen LogP contribution >= 0.6 is 0 Å². The van der Waals surface area contributed by atoms with Crippen molar-refractivity contribution < 1.29 is 4.79 Å². The third kappa shape index (κ3) is 4.17. The molecule has 24 heavy (non-hydrogen) atoms. The number of carbonyl (C=O) groups is 1. The molecule has 2 aromatic heterocycles. The number of aryl methyl sites for hydroxylation is 1. The van der Waals surface area contributed by atoms with E-state index in [0.29, 0.717) is 12.1 Å². The monoisotopic (exact) mass is 324 g/mol. The number of rotatable bonds is 4. The molecule has 3 rings (SSSR count). The topological polar surface area (TPSA) is 58.1 Å². The Morgan fingerprint density at radius 1 is 1.21 bits per heavy atom. The molecule has 0 aliphatic carbocycles. The van der Waals surface area contributed by atoms with E-state index in [9.17, 15) is 4.79 Å². The van der Waals surface area contributed by atoms with Gasteiger partial charge in [-0.1, -0.05) is 6.07 Å². The summed E-state index contributed by atoms with van der Waals surface area (Å²) in [6.07, 6.45) is 6.53. The summed E-state index contributed by atoms with van der Waals surface area (Å²) < 4.78 is 0. The summed E-state index contributed by atoms with van der Waals surface area (Å²) in [5.41, 5.74) is 2.48. The lowest BCUT2D eigenvalue weighted by atomic mass is 10.1. The Labute approximate surface area is 143 Å². The van der Waals surface area contributed by atoms with Crippen molar-refractivity contribution in [1.82, 2.24) is 20.2 Å². The quantitative estimate of drug-likeness (QED) is 0.939. The molecule has 126 valence electrons. The number of carbonyl (C=O) groups excluding carboxylic acids is 1. The Balaban J connectivity index is 1.85. The van der Waals surface area contributed by atoms with E-state index in [-0.39, 0.29) is 11.9 Å². The summed E-state index contributed by atoms with van der Waals surface area (Å²) in [6.45, 7) is 4.44. The predicted molar refractivity (Wildman–Crippen MR) is 93.6 cm³/mol. The molecule has 3 heterocycles. The maximum Gasteiger partial charge on any atom is 0.256 e. The van der Waals surface area contributed by atoms with Crippen LogP contribution in [0.5, 0.6) is 0 Å². The Morgan fingerprint density at radius 2 is 2.12 bits per heavy atom. The highest BCUT2D eigenvalue weighted by molar-refractivity contribution is 5.94. The van der Waals surface area contributed by atoms with Crippen LogP contribution in [0.15, 0.2) is 42.7 Å². The van der Waals surface area contributed by atoms with Gasteiger partial charge in [0.05, 0.1) is 17.8 Å². The highest BCUT2D eigenvalue weighted by Gasteiger charge is 2.26. The minimum absolute atomic E-state index is 0.0417. The first-order chi connectivity index (χ1) is 11.7. The lowest BCUT2D eigenvalue weighted by molar-refractivity contribution is 0.0642. The van der Waals surface area contributed by atoms with Crippen LogP contribution in [0.25, 0.3) is 0 Å². The second kappa shape index (κ2) is 8.02. The lowest BCUT2D eigenvalue weighted by Crippen LogP contribution is -2.40. The summed E-state index contributed by atoms with van der Waals surface area (Å²) in [5, 5.41) is 3.42. The van der Waals surface area contributed by atoms with Gasteiger partial charge < -0.3 is 10.2 Å². The third-order valence-electron chi connectivity index (χ3n) is 4.46. The molecule has 1 fully saturated rings. The first-order valence-corrected chi connectivity index (χ1v) is 8.58. The maximum atomic E-state index is 13.1. The van der Waals surface area contributed by atoms with Gasteiger partial charge in [-0.05, 0) is 63.5 Å². The highest BCUT2D eigenvalue weighted by atomic mass is 16.2. The summed E-state index contributed by atoms with van der Waals surface area (Å²) in [5.74, 6) is 0.0417. The molecular weight excluding hydrogens is 300 g/mol. The number of pyridine rings is 2. The first kappa shape index (κ1) is 16.6. The standard InChI is InChI=1S/C19H24N4O/c1-15-7-8-16(13-22-15)19(24)23(14-17-5-2-3-11-21-17)18-6-4-10-20-12-9-18/h2-3,5,7-8,11,13,18,20H,4,6,9-10,12,14H2,1H3/t18-/m1/s1. The van der Waals surface area contributed by atoms with Crippen molar-refractivity contribution in [2.75, 3.05) is 13.1 Å². The van der Waals surface area contributed by atoms with E-state index in [0.717, 1.165) is 43.7 Å². The number of hydrogen-bond donors (Lipinski definition) is 1. The van der Waals surface area contributed by atoms with Crippen LogP contribution in [0.3, 0.4) is 0 Å². The molecule has 0 radical (unpaired) electrons. The van der Waals surface area contributed by atoms with E-state index in [1.54, 1.807) is 12.4 Å². The molecule has 1 atom stereocenters. The maximum absolute atomic E-state index is 13.1. The van der Waals surface area contributed by atoms with Crippen LogP contribution in [-0.4, -0.2) is 39.9 Å². The number of nitrogens with one attached hydrogen (secondary N) is 1. The normalized spacial score (nSPS) is 18.0. The SMILES string of the molecule is Cc1ccc(C(=O)N(Cc2ccccn2)[C@@H]2CCCNCC2)cn1. The van der Waals surface area contributed by atoms with Gasteiger partial charge in [-0.2, -0.15) is 0 Å². The molecule has 5 nitrogen and oxygen atoms in total. The van der Waals surface area contributed by atoms with Gasteiger partial charge in [0.15, 0.2) is 0 Å². The molecule has 1 amide bonds. The lowest BCUT2D eigenvalue weighted by Gasteiger charge is -2.31.